The van der Waals surface area contributed by atoms with Crippen molar-refractivity contribution in [2.45, 2.75) is 19.1 Å². The SMILES string of the molecule is C[C@H](NC[C@H](O)CO)c1ccc(-n2ccnc2)cc1. The Balaban J connectivity index is 1.98. The van der Waals surface area contributed by atoms with E-state index in [0.29, 0.717) is 6.54 Å². The Morgan fingerprint density at radius 1 is 1.32 bits per heavy atom. The number of nitrogens with zero attached hydrogens (tertiary/aromatic N) is 2. The number of aliphatic hydroxyl groups is 2. The van der Waals surface area contributed by atoms with E-state index in [2.05, 4.69) is 10.3 Å². The summed E-state index contributed by atoms with van der Waals surface area (Å²) in [5.74, 6) is 0. The Hall–Kier alpha value is -1.69. The number of nitrogens with one attached hydrogen (secondary N) is 1. The molecule has 102 valence electrons. The highest BCUT2D eigenvalue weighted by Gasteiger charge is 2.08. The molecule has 0 fully saturated rings. The Labute approximate surface area is 112 Å². The molecular formula is C14H19N3O2. The maximum atomic E-state index is 9.30. The molecular weight excluding hydrogens is 242 g/mol. The zero-order valence-corrected chi connectivity index (χ0v) is 10.9. The van der Waals surface area contributed by atoms with Crippen LogP contribution in [0.5, 0.6) is 0 Å². The molecule has 5 nitrogen and oxygen atoms in total. The lowest BCUT2D eigenvalue weighted by atomic mass is 10.1. The molecule has 0 amide bonds. The molecule has 0 radical (unpaired) electrons. The summed E-state index contributed by atoms with van der Waals surface area (Å²) in [5.41, 5.74) is 2.19. The van der Waals surface area contributed by atoms with Crippen molar-refractivity contribution >= 4 is 0 Å². The number of imidazole rings is 1. The number of hydrogen-bond donors (Lipinski definition) is 3. The summed E-state index contributed by atoms with van der Waals surface area (Å²) >= 11 is 0. The van der Waals surface area contributed by atoms with E-state index in [0.717, 1.165) is 11.3 Å². The van der Waals surface area contributed by atoms with Crippen LogP contribution < -0.4 is 5.32 Å². The predicted molar refractivity (Wildman–Crippen MR) is 73.1 cm³/mol. The topological polar surface area (TPSA) is 70.3 Å². The highest BCUT2D eigenvalue weighted by molar-refractivity contribution is 5.35. The van der Waals surface area contributed by atoms with Gasteiger partial charge >= 0.3 is 0 Å². The summed E-state index contributed by atoms with van der Waals surface area (Å²) in [5, 5.41) is 21.2. The molecule has 0 aliphatic rings. The summed E-state index contributed by atoms with van der Waals surface area (Å²) in [4.78, 5) is 4.01. The van der Waals surface area contributed by atoms with Crippen molar-refractivity contribution in [2.24, 2.45) is 0 Å². The number of benzene rings is 1. The molecule has 0 aliphatic heterocycles. The zero-order valence-electron chi connectivity index (χ0n) is 10.9. The van der Waals surface area contributed by atoms with Gasteiger partial charge in [-0.1, -0.05) is 12.1 Å². The monoisotopic (exact) mass is 261 g/mol. The lowest BCUT2D eigenvalue weighted by molar-refractivity contribution is 0.0924. The third-order valence-corrected chi connectivity index (χ3v) is 3.07. The fourth-order valence-corrected chi connectivity index (χ4v) is 1.84. The van der Waals surface area contributed by atoms with E-state index in [1.165, 1.54) is 0 Å². The van der Waals surface area contributed by atoms with Gasteiger partial charge in [-0.3, -0.25) is 0 Å². The number of aromatic nitrogens is 2. The summed E-state index contributed by atoms with van der Waals surface area (Å²) < 4.78 is 1.94. The van der Waals surface area contributed by atoms with Crippen LogP contribution in [0.15, 0.2) is 43.0 Å². The van der Waals surface area contributed by atoms with Gasteiger partial charge in [0.1, 0.15) is 0 Å². The van der Waals surface area contributed by atoms with Gasteiger partial charge in [0.25, 0.3) is 0 Å². The standard InChI is InChI=1S/C14H19N3O2/c1-11(16-8-14(19)9-18)12-2-4-13(5-3-12)17-7-6-15-10-17/h2-7,10-11,14,16,18-19H,8-9H2,1H3/t11-,14-/m0/s1. The van der Waals surface area contributed by atoms with E-state index < -0.39 is 6.10 Å². The first kappa shape index (κ1) is 13.7. The summed E-state index contributed by atoms with van der Waals surface area (Å²) in [7, 11) is 0. The Bertz CT molecular complexity index is 482. The first-order valence-corrected chi connectivity index (χ1v) is 6.31. The van der Waals surface area contributed by atoms with Crippen LogP contribution in [0.2, 0.25) is 0 Å². The van der Waals surface area contributed by atoms with E-state index in [1.807, 2.05) is 42.0 Å². The van der Waals surface area contributed by atoms with Crippen LogP contribution in [0.3, 0.4) is 0 Å². The molecule has 5 heteroatoms. The fraction of sp³-hybridized carbons (Fsp3) is 0.357. The van der Waals surface area contributed by atoms with Crippen LogP contribution in [0.1, 0.15) is 18.5 Å². The van der Waals surface area contributed by atoms with Crippen molar-refractivity contribution in [1.82, 2.24) is 14.9 Å². The minimum atomic E-state index is -0.715. The molecule has 2 rings (SSSR count). The van der Waals surface area contributed by atoms with Crippen LogP contribution in [0.4, 0.5) is 0 Å². The molecule has 3 N–H and O–H groups in total. The van der Waals surface area contributed by atoms with Crippen molar-refractivity contribution < 1.29 is 10.2 Å². The first-order chi connectivity index (χ1) is 9.20. The lowest BCUT2D eigenvalue weighted by Crippen LogP contribution is -2.31. The summed E-state index contributed by atoms with van der Waals surface area (Å²) in [6, 6.07) is 8.25. The van der Waals surface area contributed by atoms with Gasteiger partial charge in [0.2, 0.25) is 0 Å². The minimum absolute atomic E-state index is 0.123. The normalized spacial score (nSPS) is 14.3. The molecule has 0 unspecified atom stereocenters. The van der Waals surface area contributed by atoms with Gasteiger partial charge in [-0.25, -0.2) is 4.98 Å². The van der Waals surface area contributed by atoms with Gasteiger partial charge in [-0.2, -0.15) is 0 Å². The molecule has 19 heavy (non-hydrogen) atoms. The van der Waals surface area contributed by atoms with Crippen LogP contribution in [-0.4, -0.2) is 39.0 Å². The van der Waals surface area contributed by atoms with Crippen molar-refractivity contribution in [2.75, 3.05) is 13.2 Å². The van der Waals surface area contributed by atoms with Gasteiger partial charge < -0.3 is 20.1 Å². The molecule has 1 heterocycles. The van der Waals surface area contributed by atoms with E-state index >= 15 is 0 Å². The molecule has 0 aliphatic carbocycles. The molecule has 0 saturated carbocycles. The van der Waals surface area contributed by atoms with Gasteiger partial charge in [0.15, 0.2) is 0 Å². The minimum Gasteiger partial charge on any atom is -0.394 e. The summed E-state index contributed by atoms with van der Waals surface area (Å²) in [6.07, 6.45) is 4.68. The van der Waals surface area contributed by atoms with Crippen molar-refractivity contribution in [3.8, 4) is 5.69 Å². The average Bonchev–Trinajstić information content (AvgIpc) is 2.98. The van der Waals surface area contributed by atoms with Gasteiger partial charge in [-0.15, -0.1) is 0 Å². The Morgan fingerprint density at radius 2 is 2.05 bits per heavy atom. The average molecular weight is 261 g/mol. The highest BCUT2D eigenvalue weighted by atomic mass is 16.3. The van der Waals surface area contributed by atoms with E-state index in [4.69, 9.17) is 5.11 Å². The molecule has 1 aromatic carbocycles. The van der Waals surface area contributed by atoms with Crippen LogP contribution in [0, 0.1) is 0 Å². The molecule has 1 aromatic heterocycles. The zero-order chi connectivity index (χ0) is 13.7. The van der Waals surface area contributed by atoms with Gasteiger partial charge in [0.05, 0.1) is 19.0 Å². The van der Waals surface area contributed by atoms with Crippen LogP contribution >= 0.6 is 0 Å². The number of aliphatic hydroxyl groups excluding tert-OH is 2. The molecule has 0 spiro atoms. The first-order valence-electron chi connectivity index (χ1n) is 6.31. The predicted octanol–water partition coefficient (Wildman–Crippen LogP) is 0.876. The summed E-state index contributed by atoms with van der Waals surface area (Å²) in [6.45, 7) is 2.18. The molecule has 0 bridgehead atoms. The van der Waals surface area contributed by atoms with Gasteiger partial charge in [0, 0.05) is 30.7 Å². The molecule has 2 aromatic rings. The second kappa shape index (κ2) is 6.47. The van der Waals surface area contributed by atoms with E-state index in [9.17, 15) is 5.11 Å². The maximum Gasteiger partial charge on any atom is 0.0991 e. The van der Waals surface area contributed by atoms with Crippen molar-refractivity contribution in [3.05, 3.63) is 48.5 Å². The van der Waals surface area contributed by atoms with Crippen LogP contribution in [0.25, 0.3) is 5.69 Å². The lowest BCUT2D eigenvalue weighted by Gasteiger charge is -2.16. The molecule has 0 saturated heterocycles. The van der Waals surface area contributed by atoms with Crippen molar-refractivity contribution in [1.29, 1.82) is 0 Å². The number of rotatable bonds is 6. The fourth-order valence-electron chi connectivity index (χ4n) is 1.84. The Kier molecular flexibility index (Phi) is 4.68. The second-order valence-electron chi connectivity index (χ2n) is 4.53. The quantitative estimate of drug-likeness (QED) is 0.722. The largest absolute Gasteiger partial charge is 0.394 e. The maximum absolute atomic E-state index is 9.30. The van der Waals surface area contributed by atoms with E-state index in [-0.39, 0.29) is 12.6 Å². The smallest absolute Gasteiger partial charge is 0.0991 e. The third-order valence-electron chi connectivity index (χ3n) is 3.07. The van der Waals surface area contributed by atoms with Crippen molar-refractivity contribution in [3.63, 3.8) is 0 Å². The van der Waals surface area contributed by atoms with E-state index in [1.54, 1.807) is 12.5 Å². The number of hydrogen-bond acceptors (Lipinski definition) is 4. The highest BCUT2D eigenvalue weighted by Crippen LogP contribution is 2.15. The molecule has 2 atom stereocenters. The third kappa shape index (κ3) is 3.64. The van der Waals surface area contributed by atoms with Gasteiger partial charge in [-0.05, 0) is 24.6 Å². The second-order valence-corrected chi connectivity index (χ2v) is 4.53. The Morgan fingerprint density at radius 3 is 2.63 bits per heavy atom. The van der Waals surface area contributed by atoms with Crippen LogP contribution in [-0.2, 0) is 0 Å².